The van der Waals surface area contributed by atoms with Gasteiger partial charge in [-0.05, 0) is 74.5 Å². The van der Waals surface area contributed by atoms with Gasteiger partial charge in [0.15, 0.2) is 26.6 Å². The molecule has 7 nitrogen and oxygen atoms in total. The molecule has 0 bridgehead atoms. The van der Waals surface area contributed by atoms with Gasteiger partial charge in [-0.2, -0.15) is 17.2 Å². The molecule has 198 valence electrons. The molecule has 4 rings (SSSR count). The SMILES string of the molecule is CC(Oc1ccc([S+](c2ccccc2)c2ccc(C3(C)OCC(CO)O3)cc2)cc1)C(F)(F)S(=O)(=O)O. The van der Waals surface area contributed by atoms with Gasteiger partial charge >= 0.3 is 15.4 Å². The Balaban J connectivity index is 1.61. The first-order valence-electron chi connectivity index (χ1n) is 11.4. The van der Waals surface area contributed by atoms with Crippen molar-refractivity contribution in [2.45, 2.75) is 51.8 Å². The first-order valence-corrected chi connectivity index (χ1v) is 14.0. The van der Waals surface area contributed by atoms with E-state index in [0.717, 1.165) is 27.2 Å². The first kappa shape index (κ1) is 27.5. The minimum absolute atomic E-state index is 0.0356. The van der Waals surface area contributed by atoms with E-state index in [1.807, 2.05) is 54.6 Å². The molecule has 4 unspecified atom stereocenters. The smallest absolute Gasteiger partial charge is 0.405 e. The lowest BCUT2D eigenvalue weighted by Gasteiger charge is -2.23. The summed E-state index contributed by atoms with van der Waals surface area (Å²) in [5.41, 5.74) is 0.807. The molecule has 0 spiro atoms. The number of benzene rings is 3. The molecule has 1 aliphatic heterocycles. The van der Waals surface area contributed by atoms with Gasteiger partial charge < -0.3 is 19.3 Å². The molecule has 1 aliphatic rings. The van der Waals surface area contributed by atoms with Gasteiger partial charge in [-0.1, -0.05) is 18.2 Å². The maximum Gasteiger partial charge on any atom is 0.405 e. The van der Waals surface area contributed by atoms with E-state index in [4.69, 9.17) is 18.8 Å². The van der Waals surface area contributed by atoms with Crippen LogP contribution in [0.3, 0.4) is 0 Å². The van der Waals surface area contributed by atoms with Crippen molar-refractivity contribution in [2.24, 2.45) is 0 Å². The molecule has 1 heterocycles. The third-order valence-corrected chi connectivity index (χ3v) is 9.17. The zero-order chi connectivity index (χ0) is 26.8. The highest BCUT2D eigenvalue weighted by molar-refractivity contribution is 7.97. The zero-order valence-corrected chi connectivity index (χ0v) is 21.7. The van der Waals surface area contributed by atoms with Crippen molar-refractivity contribution >= 4 is 21.0 Å². The van der Waals surface area contributed by atoms with Crippen molar-refractivity contribution in [3.05, 3.63) is 84.4 Å². The summed E-state index contributed by atoms with van der Waals surface area (Å²) >= 11 is 0. The Hall–Kier alpha value is -2.54. The molecule has 3 aromatic rings. The third kappa shape index (κ3) is 5.82. The van der Waals surface area contributed by atoms with Crippen LogP contribution in [-0.4, -0.2) is 48.8 Å². The van der Waals surface area contributed by atoms with Crippen LogP contribution < -0.4 is 4.74 Å². The summed E-state index contributed by atoms with van der Waals surface area (Å²) in [5.74, 6) is -0.926. The highest BCUT2D eigenvalue weighted by Crippen LogP contribution is 2.37. The summed E-state index contributed by atoms with van der Waals surface area (Å²) in [4.78, 5) is 2.88. The molecule has 0 amide bonds. The Labute approximate surface area is 217 Å². The Kier molecular flexibility index (Phi) is 7.93. The Morgan fingerprint density at radius 1 is 1.03 bits per heavy atom. The molecule has 1 saturated heterocycles. The van der Waals surface area contributed by atoms with Crippen molar-refractivity contribution in [3.8, 4) is 5.75 Å². The second-order valence-electron chi connectivity index (χ2n) is 8.59. The largest absolute Gasteiger partial charge is 0.483 e. The number of hydrogen-bond acceptors (Lipinski definition) is 6. The molecular formula is C26H27F2O7S2+. The van der Waals surface area contributed by atoms with Gasteiger partial charge in [0, 0.05) is 5.56 Å². The minimum Gasteiger partial charge on any atom is -0.483 e. The van der Waals surface area contributed by atoms with E-state index in [1.165, 1.54) is 12.1 Å². The number of alkyl halides is 2. The molecule has 4 atom stereocenters. The van der Waals surface area contributed by atoms with Crippen molar-refractivity contribution in [3.63, 3.8) is 0 Å². The van der Waals surface area contributed by atoms with E-state index < -0.39 is 38.2 Å². The topological polar surface area (TPSA) is 102 Å². The van der Waals surface area contributed by atoms with Gasteiger partial charge in [0.2, 0.25) is 0 Å². The van der Waals surface area contributed by atoms with Crippen LogP contribution in [0.5, 0.6) is 5.75 Å². The van der Waals surface area contributed by atoms with Crippen LogP contribution in [0.15, 0.2) is 93.5 Å². The molecule has 2 N–H and O–H groups in total. The quantitative estimate of drug-likeness (QED) is 0.295. The van der Waals surface area contributed by atoms with Gasteiger partial charge in [0.1, 0.15) is 11.9 Å². The molecule has 0 aromatic heterocycles. The maximum atomic E-state index is 13.9. The predicted octanol–water partition coefficient (Wildman–Crippen LogP) is 4.61. The summed E-state index contributed by atoms with van der Waals surface area (Å²) in [7, 11) is -6.18. The summed E-state index contributed by atoms with van der Waals surface area (Å²) in [6.45, 7) is 2.85. The Bertz CT molecular complexity index is 1300. The van der Waals surface area contributed by atoms with Crippen molar-refractivity contribution in [1.29, 1.82) is 0 Å². The number of aliphatic hydroxyl groups is 1. The minimum atomic E-state index is -5.62. The molecule has 11 heteroatoms. The molecular weight excluding hydrogens is 526 g/mol. The van der Waals surface area contributed by atoms with Crippen LogP contribution >= 0.6 is 0 Å². The average molecular weight is 554 g/mol. The monoisotopic (exact) mass is 553 g/mol. The summed E-state index contributed by atoms with van der Waals surface area (Å²) < 4.78 is 75.3. The number of ether oxygens (including phenoxy) is 3. The van der Waals surface area contributed by atoms with Gasteiger partial charge in [-0.25, -0.2) is 0 Å². The Morgan fingerprint density at radius 3 is 2.08 bits per heavy atom. The lowest BCUT2D eigenvalue weighted by atomic mass is 10.1. The molecule has 0 radical (unpaired) electrons. The number of aliphatic hydroxyl groups excluding tert-OH is 1. The second kappa shape index (κ2) is 10.7. The molecule has 1 fully saturated rings. The second-order valence-corrected chi connectivity index (χ2v) is 12.1. The van der Waals surface area contributed by atoms with Gasteiger partial charge in [-0.15, -0.1) is 0 Å². The summed E-state index contributed by atoms with van der Waals surface area (Å²) in [5, 5.41) is 4.91. The van der Waals surface area contributed by atoms with Crippen molar-refractivity contribution in [2.75, 3.05) is 13.2 Å². The van der Waals surface area contributed by atoms with Gasteiger partial charge in [-0.3, -0.25) is 4.55 Å². The van der Waals surface area contributed by atoms with Crippen LogP contribution in [0.1, 0.15) is 19.4 Å². The van der Waals surface area contributed by atoms with E-state index >= 15 is 0 Å². The van der Waals surface area contributed by atoms with Crippen molar-refractivity contribution in [1.82, 2.24) is 0 Å². The average Bonchev–Trinajstić information content (AvgIpc) is 3.28. The standard InChI is InChI=1S/C26H26F2O7S2/c1-18(26(27,28)37(30,31)32)34-20-10-14-24(15-11-20)36(22-6-4-3-5-7-22)23-12-8-19(9-13-23)25(2)33-17-21(16-29)35-25/h3-15,18,21,29H,16-17H2,1-2H3/p+1. The maximum absolute atomic E-state index is 13.9. The lowest BCUT2D eigenvalue weighted by molar-refractivity contribution is -0.165. The van der Waals surface area contributed by atoms with E-state index in [-0.39, 0.29) is 18.5 Å². The lowest BCUT2D eigenvalue weighted by Crippen LogP contribution is -2.42. The fourth-order valence-corrected chi connectivity index (χ4v) is 6.40. The number of rotatable bonds is 9. The number of halogens is 2. The molecule has 0 saturated carbocycles. The van der Waals surface area contributed by atoms with E-state index in [0.29, 0.717) is 6.61 Å². The van der Waals surface area contributed by atoms with Crippen LogP contribution in [0.25, 0.3) is 0 Å². The number of hydrogen-bond donors (Lipinski definition) is 2. The molecule has 37 heavy (non-hydrogen) atoms. The van der Waals surface area contributed by atoms with Crippen LogP contribution in [0, 0.1) is 0 Å². The van der Waals surface area contributed by atoms with Crippen LogP contribution in [0.2, 0.25) is 0 Å². The van der Waals surface area contributed by atoms with Crippen LogP contribution in [-0.2, 0) is 36.3 Å². The highest BCUT2D eigenvalue weighted by Gasteiger charge is 2.51. The van der Waals surface area contributed by atoms with E-state index in [9.17, 15) is 22.3 Å². The Morgan fingerprint density at radius 2 is 1.57 bits per heavy atom. The van der Waals surface area contributed by atoms with E-state index in [1.54, 1.807) is 19.1 Å². The molecule has 0 aliphatic carbocycles. The van der Waals surface area contributed by atoms with E-state index in [2.05, 4.69) is 0 Å². The zero-order valence-electron chi connectivity index (χ0n) is 20.1. The summed E-state index contributed by atoms with van der Waals surface area (Å²) in [6, 6.07) is 23.9. The molecule has 3 aromatic carbocycles. The highest BCUT2D eigenvalue weighted by atomic mass is 32.2. The third-order valence-electron chi connectivity index (χ3n) is 5.92. The summed E-state index contributed by atoms with van der Waals surface area (Å²) in [6.07, 6.45) is -2.48. The van der Waals surface area contributed by atoms with Gasteiger partial charge in [0.25, 0.3) is 0 Å². The van der Waals surface area contributed by atoms with Crippen molar-refractivity contribution < 1.29 is 41.1 Å². The fourth-order valence-electron chi connectivity index (χ4n) is 3.87. The normalized spacial score (nSPS) is 21.9. The van der Waals surface area contributed by atoms with Gasteiger partial charge in [0.05, 0.1) is 24.1 Å². The first-order chi connectivity index (χ1) is 17.4. The predicted molar refractivity (Wildman–Crippen MR) is 133 cm³/mol. The fraction of sp³-hybridized carbons (Fsp3) is 0.308. The van der Waals surface area contributed by atoms with Crippen LogP contribution in [0.4, 0.5) is 8.78 Å².